The van der Waals surface area contributed by atoms with Gasteiger partial charge in [-0.1, -0.05) is 50.7 Å². The summed E-state index contributed by atoms with van der Waals surface area (Å²) in [7, 11) is 0. The Kier molecular flexibility index (Phi) is 8.00. The number of carbonyl (C=O) groups is 2. The molecule has 0 aromatic heterocycles. The fourth-order valence-corrected chi connectivity index (χ4v) is 0.778. The van der Waals surface area contributed by atoms with Crippen LogP contribution in [0.25, 0.3) is 0 Å². The molecule has 0 saturated heterocycles. The Balaban J connectivity index is 3.61. The maximum atomic E-state index is 10.9. The van der Waals surface area contributed by atoms with Crippen molar-refractivity contribution >= 4 is 62.9 Å². The third-order valence-electron chi connectivity index (χ3n) is 0.944. The van der Waals surface area contributed by atoms with Crippen LogP contribution in [0.15, 0.2) is 0 Å². The Hall–Kier alpha value is -0.110. The summed E-state index contributed by atoms with van der Waals surface area (Å²) < 4.78 is 7.28. The monoisotopic (exact) mass is 356 g/mol. The number of hydrogen-bond donors (Lipinski definition) is 2. The maximum Gasteiger partial charge on any atom is 0.426 e. The van der Waals surface area contributed by atoms with Crippen LogP contribution in [-0.4, -0.2) is 34.5 Å². The third kappa shape index (κ3) is 10.4. The first-order chi connectivity index (χ1) is 7.35. The minimum atomic E-state index is -1.70. The van der Waals surface area contributed by atoms with Gasteiger partial charge >= 0.3 is 12.2 Å². The van der Waals surface area contributed by atoms with E-state index in [-0.39, 0.29) is 6.61 Å². The number of hydrazine groups is 1. The normalized spacial score (nSPS) is 10.5. The van der Waals surface area contributed by atoms with Crippen LogP contribution in [0.5, 0.6) is 0 Å². The molecule has 0 heterocycles. The summed E-state index contributed by atoms with van der Waals surface area (Å²) in [6, 6.07) is 0. The van der Waals surface area contributed by atoms with Crippen molar-refractivity contribution in [3.8, 4) is 0 Å². The molecule has 2 amide bonds. The van der Waals surface area contributed by atoms with Crippen LogP contribution in [0.4, 0.5) is 9.59 Å². The average molecular weight is 358 g/mol. The van der Waals surface area contributed by atoms with Crippen molar-refractivity contribution in [3.05, 3.63) is 0 Å². The van der Waals surface area contributed by atoms with Gasteiger partial charge in [0, 0.05) is 5.33 Å². The van der Waals surface area contributed by atoms with E-state index in [0.29, 0.717) is 5.33 Å². The molecule has 0 aliphatic heterocycles. The molecular formula is C6H8BrCl3N2O4. The highest BCUT2D eigenvalue weighted by Crippen LogP contribution is 2.25. The molecule has 94 valence electrons. The molecule has 0 unspecified atom stereocenters. The first-order valence-corrected chi connectivity index (χ1v) is 6.09. The van der Waals surface area contributed by atoms with E-state index < -0.39 is 22.6 Å². The first-order valence-electron chi connectivity index (χ1n) is 3.83. The van der Waals surface area contributed by atoms with Crippen molar-refractivity contribution in [2.24, 2.45) is 0 Å². The van der Waals surface area contributed by atoms with E-state index in [9.17, 15) is 9.59 Å². The second-order valence-corrected chi connectivity index (χ2v) is 5.58. The minimum absolute atomic E-state index is 0.163. The largest absolute Gasteiger partial charge is 0.447 e. The van der Waals surface area contributed by atoms with E-state index in [0.717, 1.165) is 0 Å². The van der Waals surface area contributed by atoms with Crippen LogP contribution in [0, 0.1) is 0 Å². The predicted octanol–water partition coefficient (Wildman–Crippen LogP) is 2.12. The number of carbonyl (C=O) groups excluding carboxylic acids is 2. The van der Waals surface area contributed by atoms with Crippen LogP contribution in [-0.2, 0) is 9.47 Å². The van der Waals surface area contributed by atoms with E-state index in [1.807, 2.05) is 10.9 Å². The lowest BCUT2D eigenvalue weighted by atomic mass is 10.8. The van der Waals surface area contributed by atoms with E-state index in [1.54, 1.807) is 0 Å². The van der Waals surface area contributed by atoms with Gasteiger partial charge in [0.25, 0.3) is 0 Å². The van der Waals surface area contributed by atoms with Crippen molar-refractivity contribution < 1.29 is 19.1 Å². The molecule has 0 aliphatic rings. The summed E-state index contributed by atoms with van der Waals surface area (Å²) in [5.74, 6) is 0. The molecule has 2 N–H and O–H groups in total. The summed E-state index contributed by atoms with van der Waals surface area (Å²) >= 11 is 19.0. The Morgan fingerprint density at radius 2 is 1.62 bits per heavy atom. The second kappa shape index (κ2) is 8.05. The Labute approximate surface area is 115 Å². The zero-order valence-corrected chi connectivity index (χ0v) is 11.6. The molecule has 0 fully saturated rings. The van der Waals surface area contributed by atoms with E-state index in [1.165, 1.54) is 0 Å². The standard InChI is InChI=1S/C6H8BrCl3N2O4/c7-1-2-15-4(13)11-12-5(14)16-3-6(8,9)10/h1-3H2,(H,11,13)(H,12,14). The van der Waals surface area contributed by atoms with Gasteiger partial charge in [-0.15, -0.1) is 0 Å². The summed E-state index contributed by atoms with van der Waals surface area (Å²) in [4.78, 5) is 21.7. The topological polar surface area (TPSA) is 76.7 Å². The van der Waals surface area contributed by atoms with Crippen LogP contribution >= 0.6 is 50.7 Å². The minimum Gasteiger partial charge on any atom is -0.447 e. The fourth-order valence-electron chi connectivity index (χ4n) is 0.453. The maximum absolute atomic E-state index is 10.9. The number of hydrogen-bond acceptors (Lipinski definition) is 4. The van der Waals surface area contributed by atoms with Gasteiger partial charge in [-0.05, 0) is 0 Å². The van der Waals surface area contributed by atoms with Crippen molar-refractivity contribution in [3.63, 3.8) is 0 Å². The van der Waals surface area contributed by atoms with E-state index in [4.69, 9.17) is 34.8 Å². The summed E-state index contributed by atoms with van der Waals surface area (Å²) in [6.07, 6.45) is -1.80. The SMILES string of the molecule is O=C(NNC(=O)OCC(Cl)(Cl)Cl)OCCBr. The van der Waals surface area contributed by atoms with Crippen molar-refractivity contribution in [1.82, 2.24) is 10.9 Å². The molecular weight excluding hydrogens is 350 g/mol. The smallest absolute Gasteiger partial charge is 0.426 e. The molecule has 0 radical (unpaired) electrons. The summed E-state index contributed by atoms with van der Waals surface area (Å²) in [6.45, 7) is -0.279. The number of rotatable bonds is 3. The average Bonchev–Trinajstić information content (AvgIpc) is 2.19. The lowest BCUT2D eigenvalue weighted by Gasteiger charge is -2.12. The third-order valence-corrected chi connectivity index (χ3v) is 1.59. The van der Waals surface area contributed by atoms with Gasteiger partial charge in [-0.2, -0.15) is 0 Å². The second-order valence-electron chi connectivity index (χ2n) is 2.27. The summed E-state index contributed by atoms with van der Waals surface area (Å²) in [5.41, 5.74) is 3.80. The molecule has 10 heteroatoms. The number of halogens is 4. The molecule has 0 aromatic rings. The number of ether oxygens (including phenoxy) is 2. The molecule has 0 atom stereocenters. The number of amides is 2. The molecule has 6 nitrogen and oxygen atoms in total. The Morgan fingerprint density at radius 3 is 2.06 bits per heavy atom. The molecule has 0 aliphatic carbocycles. The summed E-state index contributed by atoms with van der Waals surface area (Å²) in [5, 5.41) is 0.484. The van der Waals surface area contributed by atoms with Gasteiger partial charge in [-0.3, -0.25) is 0 Å². The van der Waals surface area contributed by atoms with Gasteiger partial charge in [-0.25, -0.2) is 20.4 Å². The molecule has 0 aromatic carbocycles. The highest BCUT2D eigenvalue weighted by molar-refractivity contribution is 9.09. The lowest BCUT2D eigenvalue weighted by Crippen LogP contribution is -2.43. The number of nitrogens with one attached hydrogen (secondary N) is 2. The van der Waals surface area contributed by atoms with Crippen LogP contribution < -0.4 is 10.9 Å². The van der Waals surface area contributed by atoms with Crippen LogP contribution in [0.1, 0.15) is 0 Å². The van der Waals surface area contributed by atoms with Crippen LogP contribution in [0.3, 0.4) is 0 Å². The fraction of sp³-hybridized carbons (Fsp3) is 0.667. The van der Waals surface area contributed by atoms with Crippen LogP contribution in [0.2, 0.25) is 0 Å². The zero-order chi connectivity index (χ0) is 12.6. The van der Waals surface area contributed by atoms with Gasteiger partial charge in [0.1, 0.15) is 13.2 Å². The predicted molar refractivity (Wildman–Crippen MR) is 63.1 cm³/mol. The molecule has 0 rings (SSSR count). The van der Waals surface area contributed by atoms with Crippen molar-refractivity contribution in [2.75, 3.05) is 18.5 Å². The highest BCUT2D eigenvalue weighted by atomic mass is 79.9. The molecule has 0 saturated carbocycles. The lowest BCUT2D eigenvalue weighted by molar-refractivity contribution is 0.128. The first kappa shape index (κ1) is 15.9. The molecule has 16 heavy (non-hydrogen) atoms. The van der Waals surface area contributed by atoms with Gasteiger partial charge < -0.3 is 9.47 Å². The van der Waals surface area contributed by atoms with E-state index >= 15 is 0 Å². The van der Waals surface area contributed by atoms with Crippen molar-refractivity contribution in [2.45, 2.75) is 3.79 Å². The quantitative estimate of drug-likeness (QED) is 0.598. The van der Waals surface area contributed by atoms with Crippen molar-refractivity contribution in [1.29, 1.82) is 0 Å². The molecule has 0 spiro atoms. The highest BCUT2D eigenvalue weighted by Gasteiger charge is 2.22. The molecule has 0 bridgehead atoms. The van der Waals surface area contributed by atoms with Gasteiger partial charge in [0.2, 0.25) is 3.79 Å². The zero-order valence-electron chi connectivity index (χ0n) is 7.77. The number of alkyl halides is 4. The van der Waals surface area contributed by atoms with Gasteiger partial charge in [0.15, 0.2) is 0 Å². The Morgan fingerprint density at radius 1 is 1.12 bits per heavy atom. The Bertz CT molecular complexity index is 248. The van der Waals surface area contributed by atoms with E-state index in [2.05, 4.69) is 25.4 Å². The van der Waals surface area contributed by atoms with Gasteiger partial charge in [0.05, 0.1) is 0 Å².